The number of carbonyl (C=O) groups excluding carboxylic acids is 1. The fourth-order valence-corrected chi connectivity index (χ4v) is 2.31. The molecule has 100 valence electrons. The average Bonchev–Trinajstić information content (AvgIpc) is 2.91. The third-order valence-corrected chi connectivity index (χ3v) is 3.38. The smallest absolute Gasteiger partial charge is 0.220 e. The topological polar surface area (TPSA) is 59.0 Å². The van der Waals surface area contributed by atoms with Gasteiger partial charge in [0.2, 0.25) is 5.91 Å². The van der Waals surface area contributed by atoms with Crippen LogP contribution in [-0.4, -0.2) is 34.6 Å². The van der Waals surface area contributed by atoms with Gasteiger partial charge < -0.3 is 15.2 Å². The number of aromatic nitrogens is 2. The number of rotatable bonds is 6. The fraction of sp³-hybridized carbons (Fsp3) is 0.692. The Labute approximate surface area is 108 Å². The highest BCUT2D eigenvalue weighted by Crippen LogP contribution is 2.11. The van der Waals surface area contributed by atoms with Gasteiger partial charge >= 0.3 is 0 Å². The Balaban J connectivity index is 1.54. The highest BCUT2D eigenvalue weighted by Gasteiger charge is 2.13. The van der Waals surface area contributed by atoms with E-state index in [2.05, 4.69) is 15.6 Å². The van der Waals surface area contributed by atoms with Gasteiger partial charge in [0.15, 0.2) is 0 Å². The molecule has 1 unspecified atom stereocenters. The van der Waals surface area contributed by atoms with Crippen molar-refractivity contribution in [2.45, 2.75) is 44.7 Å². The number of hydrogen-bond donors (Lipinski definition) is 2. The van der Waals surface area contributed by atoms with Crippen molar-refractivity contribution in [3.05, 3.63) is 18.7 Å². The van der Waals surface area contributed by atoms with Crippen LogP contribution in [-0.2, 0) is 11.3 Å². The first-order chi connectivity index (χ1) is 8.84. The Bertz CT molecular complexity index is 344. The van der Waals surface area contributed by atoms with Gasteiger partial charge in [-0.15, -0.1) is 0 Å². The van der Waals surface area contributed by atoms with E-state index in [1.54, 1.807) is 12.5 Å². The molecule has 2 N–H and O–H groups in total. The molecule has 0 aliphatic carbocycles. The third kappa shape index (κ3) is 4.49. The Morgan fingerprint density at radius 3 is 3.17 bits per heavy atom. The molecule has 1 aromatic heterocycles. The van der Waals surface area contributed by atoms with E-state index >= 15 is 0 Å². The standard InChI is InChI=1S/C13H22N4O/c18-13(5-4-12-3-1-2-6-15-12)16-8-10-17-9-7-14-11-17/h7,9,11-12,15H,1-6,8,10H2,(H,16,18). The first kappa shape index (κ1) is 13.1. The van der Waals surface area contributed by atoms with Gasteiger partial charge in [0.25, 0.3) is 0 Å². The molecule has 1 amide bonds. The summed E-state index contributed by atoms with van der Waals surface area (Å²) in [6.07, 6.45) is 10.8. The molecule has 0 bridgehead atoms. The first-order valence-corrected chi connectivity index (χ1v) is 6.80. The molecule has 2 rings (SSSR count). The van der Waals surface area contributed by atoms with E-state index in [1.807, 2.05) is 10.8 Å². The lowest BCUT2D eigenvalue weighted by atomic mass is 10.0. The highest BCUT2D eigenvalue weighted by molar-refractivity contribution is 5.75. The summed E-state index contributed by atoms with van der Waals surface area (Å²) in [7, 11) is 0. The summed E-state index contributed by atoms with van der Waals surface area (Å²) in [5.41, 5.74) is 0. The summed E-state index contributed by atoms with van der Waals surface area (Å²) in [5.74, 6) is 0.155. The van der Waals surface area contributed by atoms with E-state index in [9.17, 15) is 4.79 Å². The Morgan fingerprint density at radius 2 is 2.44 bits per heavy atom. The van der Waals surface area contributed by atoms with Gasteiger partial charge in [-0.2, -0.15) is 0 Å². The Kier molecular flexibility index (Phi) is 5.20. The van der Waals surface area contributed by atoms with Crippen LogP contribution in [0.15, 0.2) is 18.7 Å². The summed E-state index contributed by atoms with van der Waals surface area (Å²) < 4.78 is 1.96. The third-order valence-electron chi connectivity index (χ3n) is 3.38. The van der Waals surface area contributed by atoms with Gasteiger partial charge in [-0.25, -0.2) is 4.98 Å². The van der Waals surface area contributed by atoms with E-state index in [0.29, 0.717) is 19.0 Å². The van der Waals surface area contributed by atoms with Crippen molar-refractivity contribution in [2.24, 2.45) is 0 Å². The zero-order valence-electron chi connectivity index (χ0n) is 10.8. The van der Waals surface area contributed by atoms with Crippen LogP contribution in [0.5, 0.6) is 0 Å². The minimum atomic E-state index is 0.155. The molecule has 1 saturated heterocycles. The lowest BCUT2D eigenvalue weighted by Crippen LogP contribution is -2.35. The van der Waals surface area contributed by atoms with Gasteiger partial charge in [-0.3, -0.25) is 4.79 Å². The molecule has 2 heterocycles. The molecule has 0 spiro atoms. The number of imidazole rings is 1. The van der Waals surface area contributed by atoms with Gasteiger partial charge in [0.1, 0.15) is 0 Å². The maximum atomic E-state index is 11.7. The molecule has 5 nitrogen and oxygen atoms in total. The van der Waals surface area contributed by atoms with Crippen molar-refractivity contribution >= 4 is 5.91 Å². The van der Waals surface area contributed by atoms with E-state index < -0.39 is 0 Å². The number of nitrogens with one attached hydrogen (secondary N) is 2. The van der Waals surface area contributed by atoms with Crippen LogP contribution in [0.1, 0.15) is 32.1 Å². The molecule has 1 aliphatic heterocycles. The van der Waals surface area contributed by atoms with E-state index in [1.165, 1.54) is 19.3 Å². The first-order valence-electron chi connectivity index (χ1n) is 6.80. The van der Waals surface area contributed by atoms with Crippen LogP contribution in [0.4, 0.5) is 0 Å². The minimum absolute atomic E-state index is 0.155. The number of hydrogen-bond acceptors (Lipinski definition) is 3. The zero-order chi connectivity index (χ0) is 12.6. The number of nitrogens with zero attached hydrogens (tertiary/aromatic N) is 2. The van der Waals surface area contributed by atoms with Crippen molar-refractivity contribution in [1.29, 1.82) is 0 Å². The number of carbonyl (C=O) groups is 1. The van der Waals surface area contributed by atoms with Crippen LogP contribution in [0, 0.1) is 0 Å². The van der Waals surface area contributed by atoms with Crippen LogP contribution < -0.4 is 10.6 Å². The molecule has 1 aromatic rings. The predicted octanol–water partition coefficient (Wildman–Crippen LogP) is 0.922. The summed E-state index contributed by atoms with van der Waals surface area (Å²) >= 11 is 0. The molecule has 0 aromatic carbocycles. The Morgan fingerprint density at radius 1 is 1.50 bits per heavy atom. The van der Waals surface area contributed by atoms with Crippen LogP contribution in [0.2, 0.25) is 0 Å². The summed E-state index contributed by atoms with van der Waals surface area (Å²) in [4.78, 5) is 15.6. The van der Waals surface area contributed by atoms with Gasteiger partial charge in [0.05, 0.1) is 6.33 Å². The van der Waals surface area contributed by atoms with Crippen molar-refractivity contribution < 1.29 is 4.79 Å². The van der Waals surface area contributed by atoms with Crippen LogP contribution >= 0.6 is 0 Å². The maximum absolute atomic E-state index is 11.7. The number of piperidine rings is 1. The summed E-state index contributed by atoms with van der Waals surface area (Å²) in [6.45, 7) is 2.56. The molecule has 5 heteroatoms. The van der Waals surface area contributed by atoms with Gasteiger partial charge in [-0.05, 0) is 25.8 Å². The lowest BCUT2D eigenvalue weighted by Gasteiger charge is -2.23. The maximum Gasteiger partial charge on any atom is 0.220 e. The fourth-order valence-electron chi connectivity index (χ4n) is 2.31. The molecule has 0 saturated carbocycles. The SMILES string of the molecule is O=C(CCC1CCCCN1)NCCn1ccnc1. The van der Waals surface area contributed by atoms with Gasteiger partial charge in [0, 0.05) is 37.9 Å². The van der Waals surface area contributed by atoms with E-state index in [0.717, 1.165) is 19.5 Å². The minimum Gasteiger partial charge on any atom is -0.354 e. The quantitative estimate of drug-likeness (QED) is 0.789. The highest BCUT2D eigenvalue weighted by atomic mass is 16.1. The molecular formula is C13H22N4O. The molecule has 0 radical (unpaired) electrons. The monoisotopic (exact) mass is 250 g/mol. The second kappa shape index (κ2) is 7.16. The van der Waals surface area contributed by atoms with Crippen LogP contribution in [0.3, 0.4) is 0 Å². The molecule has 1 atom stereocenters. The van der Waals surface area contributed by atoms with Crippen molar-refractivity contribution in [2.75, 3.05) is 13.1 Å². The second-order valence-corrected chi connectivity index (χ2v) is 4.84. The van der Waals surface area contributed by atoms with E-state index in [4.69, 9.17) is 0 Å². The molecular weight excluding hydrogens is 228 g/mol. The Hall–Kier alpha value is -1.36. The molecule has 1 fully saturated rings. The second-order valence-electron chi connectivity index (χ2n) is 4.84. The normalized spacial score (nSPS) is 19.7. The average molecular weight is 250 g/mol. The van der Waals surface area contributed by atoms with Crippen molar-refractivity contribution in [3.63, 3.8) is 0 Å². The molecule has 1 aliphatic rings. The lowest BCUT2D eigenvalue weighted by molar-refractivity contribution is -0.121. The van der Waals surface area contributed by atoms with Crippen molar-refractivity contribution in [3.8, 4) is 0 Å². The van der Waals surface area contributed by atoms with Crippen LogP contribution in [0.25, 0.3) is 0 Å². The van der Waals surface area contributed by atoms with E-state index in [-0.39, 0.29) is 5.91 Å². The zero-order valence-corrected chi connectivity index (χ0v) is 10.8. The summed E-state index contributed by atoms with van der Waals surface area (Å²) in [6, 6.07) is 0.540. The van der Waals surface area contributed by atoms with Crippen molar-refractivity contribution in [1.82, 2.24) is 20.2 Å². The summed E-state index contributed by atoms with van der Waals surface area (Å²) in [5, 5.41) is 6.41. The molecule has 18 heavy (non-hydrogen) atoms. The largest absolute Gasteiger partial charge is 0.354 e. The number of amides is 1. The predicted molar refractivity (Wildman–Crippen MR) is 70.1 cm³/mol. The van der Waals surface area contributed by atoms with Gasteiger partial charge in [-0.1, -0.05) is 6.42 Å².